The van der Waals surface area contributed by atoms with E-state index in [-0.39, 0.29) is 0 Å². The van der Waals surface area contributed by atoms with E-state index < -0.39 is 0 Å². The Kier molecular flexibility index (Phi) is 9.41. The Labute approximate surface area is 143 Å². The molecule has 0 saturated carbocycles. The molecule has 0 bridgehead atoms. The largest absolute Gasteiger partial charge is 0.497 e. The van der Waals surface area contributed by atoms with Crippen molar-refractivity contribution < 1.29 is 4.74 Å². The highest BCUT2D eigenvalue weighted by molar-refractivity contribution is 8.76. The molecule has 2 unspecified atom stereocenters. The second kappa shape index (κ2) is 10.8. The zero-order valence-corrected chi connectivity index (χ0v) is 15.5. The van der Waals surface area contributed by atoms with Gasteiger partial charge in [0, 0.05) is 17.9 Å². The van der Waals surface area contributed by atoms with Gasteiger partial charge in [0.05, 0.1) is 12.4 Å². The van der Waals surface area contributed by atoms with E-state index in [9.17, 15) is 0 Å². The van der Waals surface area contributed by atoms with Crippen LogP contribution in [0.15, 0.2) is 53.9 Å². The van der Waals surface area contributed by atoms with Crippen LogP contribution in [-0.4, -0.2) is 17.3 Å². The standard InChI is InChI=1S/C18H27NOS2/c1-6-17(14(2)3)13-15(4)16(5)20-11-12-21-22-18-9-7-8-10-19-18/h7-10,15,17H,2,5-6,11-13H2,1,3-4H3. The maximum absolute atomic E-state index is 5.79. The lowest BCUT2D eigenvalue weighted by atomic mass is 9.88. The molecule has 0 aliphatic heterocycles. The summed E-state index contributed by atoms with van der Waals surface area (Å²) in [4.78, 5) is 4.27. The van der Waals surface area contributed by atoms with Crippen molar-refractivity contribution >= 4 is 21.6 Å². The van der Waals surface area contributed by atoms with Crippen molar-refractivity contribution in [3.8, 4) is 0 Å². The Bertz CT molecular complexity index is 461. The lowest BCUT2D eigenvalue weighted by molar-refractivity contribution is 0.190. The van der Waals surface area contributed by atoms with Crippen molar-refractivity contribution in [1.29, 1.82) is 0 Å². The fourth-order valence-corrected chi connectivity index (χ4v) is 3.83. The van der Waals surface area contributed by atoms with E-state index in [4.69, 9.17) is 4.74 Å². The topological polar surface area (TPSA) is 22.1 Å². The quantitative estimate of drug-likeness (QED) is 0.214. The van der Waals surface area contributed by atoms with Crippen LogP contribution in [0.1, 0.15) is 33.6 Å². The Morgan fingerprint density at radius 2 is 2.14 bits per heavy atom. The van der Waals surface area contributed by atoms with Crippen molar-refractivity contribution in [3.63, 3.8) is 0 Å². The second-order valence-corrected chi connectivity index (χ2v) is 7.91. The normalized spacial score (nSPS) is 13.4. The summed E-state index contributed by atoms with van der Waals surface area (Å²) < 4.78 is 5.79. The monoisotopic (exact) mass is 337 g/mol. The Balaban J connectivity index is 2.18. The third kappa shape index (κ3) is 7.41. The summed E-state index contributed by atoms with van der Waals surface area (Å²) in [6.07, 6.45) is 4.01. The first kappa shape index (κ1) is 19.2. The van der Waals surface area contributed by atoms with Gasteiger partial charge >= 0.3 is 0 Å². The molecule has 1 rings (SSSR count). The van der Waals surface area contributed by atoms with Crippen molar-refractivity contribution in [3.05, 3.63) is 48.9 Å². The molecule has 0 aliphatic rings. The zero-order chi connectivity index (χ0) is 16.4. The Morgan fingerprint density at radius 1 is 1.36 bits per heavy atom. The number of allylic oxidation sites excluding steroid dienone is 2. The van der Waals surface area contributed by atoms with Gasteiger partial charge in [0.25, 0.3) is 0 Å². The molecule has 1 heterocycles. The fraction of sp³-hybridized carbons (Fsp3) is 0.500. The molecule has 0 radical (unpaired) electrons. The van der Waals surface area contributed by atoms with E-state index in [2.05, 4.69) is 38.9 Å². The van der Waals surface area contributed by atoms with Gasteiger partial charge in [-0.25, -0.2) is 4.98 Å². The van der Waals surface area contributed by atoms with Crippen molar-refractivity contribution in [2.75, 3.05) is 12.4 Å². The number of hydrogen-bond donors (Lipinski definition) is 0. The molecule has 0 amide bonds. The molecule has 22 heavy (non-hydrogen) atoms. The first-order valence-corrected chi connectivity index (χ1v) is 10.0. The molecule has 1 aromatic heterocycles. The smallest absolute Gasteiger partial charge is 0.106 e. The van der Waals surface area contributed by atoms with Crippen LogP contribution in [0.25, 0.3) is 0 Å². The molecule has 0 spiro atoms. The highest BCUT2D eigenvalue weighted by atomic mass is 33.1. The number of rotatable bonds is 11. The molecule has 0 N–H and O–H groups in total. The maximum atomic E-state index is 5.79. The minimum absolute atomic E-state index is 0.370. The fourth-order valence-electron chi connectivity index (χ4n) is 2.12. The van der Waals surface area contributed by atoms with Crippen LogP contribution < -0.4 is 0 Å². The number of nitrogens with zero attached hydrogens (tertiary/aromatic N) is 1. The zero-order valence-electron chi connectivity index (χ0n) is 13.9. The number of aromatic nitrogens is 1. The molecule has 122 valence electrons. The van der Waals surface area contributed by atoms with Gasteiger partial charge in [-0.15, -0.1) is 0 Å². The summed E-state index contributed by atoms with van der Waals surface area (Å²) in [5.74, 6) is 2.74. The third-order valence-corrected chi connectivity index (χ3v) is 5.84. The summed E-state index contributed by atoms with van der Waals surface area (Å²) in [7, 11) is 3.44. The number of pyridine rings is 1. The van der Waals surface area contributed by atoms with Gasteiger partial charge in [0.15, 0.2) is 0 Å². The van der Waals surface area contributed by atoms with Crippen LogP contribution in [-0.2, 0) is 4.74 Å². The highest BCUT2D eigenvalue weighted by Crippen LogP contribution is 2.29. The molecule has 1 aromatic rings. The molecule has 2 nitrogen and oxygen atoms in total. The van der Waals surface area contributed by atoms with E-state index in [0.717, 1.165) is 29.4 Å². The SMILES string of the molecule is C=C(OCCSSc1ccccn1)C(C)CC(CC)C(=C)C. The summed E-state index contributed by atoms with van der Waals surface area (Å²) in [5.41, 5.74) is 1.25. The Morgan fingerprint density at radius 3 is 2.73 bits per heavy atom. The first-order chi connectivity index (χ1) is 10.5. The van der Waals surface area contributed by atoms with Crippen LogP contribution in [0.4, 0.5) is 0 Å². The second-order valence-electron chi connectivity index (χ2n) is 5.48. The third-order valence-electron chi connectivity index (χ3n) is 3.61. The first-order valence-electron chi connectivity index (χ1n) is 7.72. The molecule has 4 heteroatoms. The van der Waals surface area contributed by atoms with Crippen molar-refractivity contribution in [2.45, 2.75) is 38.6 Å². The van der Waals surface area contributed by atoms with Gasteiger partial charge in [0.1, 0.15) is 5.03 Å². The van der Waals surface area contributed by atoms with Crippen molar-refractivity contribution in [2.24, 2.45) is 11.8 Å². The number of hydrogen-bond acceptors (Lipinski definition) is 4. The van der Waals surface area contributed by atoms with Crippen LogP contribution >= 0.6 is 21.6 Å². The van der Waals surface area contributed by atoms with E-state index >= 15 is 0 Å². The van der Waals surface area contributed by atoms with Crippen LogP contribution in [0.2, 0.25) is 0 Å². The minimum atomic E-state index is 0.370. The predicted octanol–water partition coefficient (Wildman–Crippen LogP) is 5.98. The lowest BCUT2D eigenvalue weighted by Gasteiger charge is -2.21. The summed E-state index contributed by atoms with van der Waals surface area (Å²) in [6.45, 7) is 15.3. The highest BCUT2D eigenvalue weighted by Gasteiger charge is 2.15. The van der Waals surface area contributed by atoms with Gasteiger partial charge in [-0.05, 0) is 48.6 Å². The lowest BCUT2D eigenvalue weighted by Crippen LogP contribution is -2.11. The molecular formula is C18H27NOS2. The summed E-state index contributed by atoms with van der Waals surface area (Å²) >= 11 is 0. The van der Waals surface area contributed by atoms with Gasteiger partial charge < -0.3 is 4.74 Å². The van der Waals surface area contributed by atoms with Gasteiger partial charge in [-0.2, -0.15) is 0 Å². The van der Waals surface area contributed by atoms with Crippen LogP contribution in [0, 0.1) is 11.8 Å². The van der Waals surface area contributed by atoms with E-state index in [0.29, 0.717) is 18.4 Å². The average Bonchev–Trinajstić information content (AvgIpc) is 2.52. The van der Waals surface area contributed by atoms with Gasteiger partial charge in [-0.1, -0.05) is 49.4 Å². The molecule has 0 fully saturated rings. The predicted molar refractivity (Wildman–Crippen MR) is 100 cm³/mol. The van der Waals surface area contributed by atoms with Crippen LogP contribution in [0.5, 0.6) is 0 Å². The van der Waals surface area contributed by atoms with Gasteiger partial charge in [-0.3, -0.25) is 0 Å². The van der Waals surface area contributed by atoms with Crippen LogP contribution in [0.3, 0.4) is 0 Å². The summed E-state index contributed by atoms with van der Waals surface area (Å²) in [5, 5.41) is 1.03. The molecule has 0 saturated heterocycles. The maximum Gasteiger partial charge on any atom is 0.106 e. The molecule has 2 atom stereocenters. The minimum Gasteiger partial charge on any atom is -0.497 e. The van der Waals surface area contributed by atoms with E-state index in [1.165, 1.54) is 5.57 Å². The summed E-state index contributed by atoms with van der Waals surface area (Å²) in [6, 6.07) is 5.95. The molecule has 0 aliphatic carbocycles. The van der Waals surface area contributed by atoms with Gasteiger partial charge in [0.2, 0.25) is 0 Å². The average molecular weight is 338 g/mol. The number of ether oxygens (including phenoxy) is 1. The van der Waals surface area contributed by atoms with E-state index in [1.807, 2.05) is 24.4 Å². The van der Waals surface area contributed by atoms with E-state index in [1.54, 1.807) is 21.6 Å². The van der Waals surface area contributed by atoms with Crippen molar-refractivity contribution in [1.82, 2.24) is 4.98 Å². The molecule has 0 aromatic carbocycles. The molecular weight excluding hydrogens is 310 g/mol. The Hall–Kier alpha value is -0.870.